The Bertz CT molecular complexity index is 537. The third-order valence-electron chi connectivity index (χ3n) is 1.91. The molecule has 0 spiro atoms. The van der Waals surface area contributed by atoms with Gasteiger partial charge in [-0.1, -0.05) is 11.6 Å². The summed E-state index contributed by atoms with van der Waals surface area (Å²) in [5.41, 5.74) is 1.15. The minimum atomic E-state index is -3.16. The van der Waals surface area contributed by atoms with Gasteiger partial charge in [0.1, 0.15) is 6.07 Å². The van der Waals surface area contributed by atoms with Gasteiger partial charge in [-0.05, 0) is 18.2 Å². The Morgan fingerprint density at radius 2 is 2.12 bits per heavy atom. The van der Waals surface area contributed by atoms with Crippen LogP contribution >= 0.6 is 11.6 Å². The number of hydrogen-bond acceptors (Lipinski definition) is 4. The molecule has 0 atom stereocenters. The zero-order valence-corrected chi connectivity index (χ0v) is 10.8. The van der Waals surface area contributed by atoms with Crippen molar-refractivity contribution < 1.29 is 8.42 Å². The molecule has 0 aromatic heterocycles. The van der Waals surface area contributed by atoms with Crippen molar-refractivity contribution in [1.82, 2.24) is 4.72 Å². The fourth-order valence-corrected chi connectivity index (χ4v) is 1.85. The second-order valence-electron chi connectivity index (χ2n) is 3.40. The largest absolute Gasteiger partial charge is 0.384 e. The van der Waals surface area contributed by atoms with Gasteiger partial charge in [0.05, 0.1) is 16.8 Å². The van der Waals surface area contributed by atoms with E-state index >= 15 is 0 Å². The lowest BCUT2D eigenvalue weighted by Gasteiger charge is -2.07. The van der Waals surface area contributed by atoms with Crippen molar-refractivity contribution in [1.29, 1.82) is 5.26 Å². The lowest BCUT2D eigenvalue weighted by Crippen LogP contribution is -2.27. The van der Waals surface area contributed by atoms with E-state index in [0.717, 1.165) is 11.9 Å². The van der Waals surface area contributed by atoms with Gasteiger partial charge in [0.25, 0.3) is 0 Å². The van der Waals surface area contributed by atoms with Gasteiger partial charge in [0.15, 0.2) is 0 Å². The quantitative estimate of drug-likeness (QED) is 0.789. The summed E-state index contributed by atoms with van der Waals surface area (Å²) >= 11 is 5.84. The van der Waals surface area contributed by atoms with Gasteiger partial charge in [0, 0.05) is 18.8 Å². The molecule has 1 aromatic rings. The lowest BCUT2D eigenvalue weighted by molar-refractivity contribution is 0.589. The monoisotopic (exact) mass is 273 g/mol. The topological polar surface area (TPSA) is 82.0 Å². The average molecular weight is 274 g/mol. The SMILES string of the molecule is CS(=O)(=O)NCCNc1ccc(C#N)c(Cl)c1. The molecular formula is C10H12ClN3O2S. The van der Waals surface area contributed by atoms with Gasteiger partial charge >= 0.3 is 0 Å². The number of anilines is 1. The first kappa shape index (κ1) is 13.8. The van der Waals surface area contributed by atoms with Crippen LogP contribution in [0, 0.1) is 11.3 Å². The molecule has 7 heteroatoms. The Morgan fingerprint density at radius 1 is 1.41 bits per heavy atom. The van der Waals surface area contributed by atoms with Gasteiger partial charge in [-0.2, -0.15) is 5.26 Å². The van der Waals surface area contributed by atoms with Crippen LogP contribution in [0.15, 0.2) is 18.2 Å². The highest BCUT2D eigenvalue weighted by molar-refractivity contribution is 7.88. The molecule has 0 heterocycles. The van der Waals surface area contributed by atoms with Crippen molar-refractivity contribution in [3.63, 3.8) is 0 Å². The molecule has 0 unspecified atom stereocenters. The van der Waals surface area contributed by atoms with Crippen molar-refractivity contribution in [3.8, 4) is 6.07 Å². The van der Waals surface area contributed by atoms with Crippen molar-refractivity contribution in [2.45, 2.75) is 0 Å². The van der Waals surface area contributed by atoms with Crippen LogP contribution in [0.2, 0.25) is 5.02 Å². The minimum Gasteiger partial charge on any atom is -0.384 e. The molecule has 0 bridgehead atoms. The number of hydrogen-bond donors (Lipinski definition) is 2. The van der Waals surface area contributed by atoms with Crippen molar-refractivity contribution in [2.24, 2.45) is 0 Å². The second-order valence-corrected chi connectivity index (χ2v) is 5.64. The fourth-order valence-electron chi connectivity index (χ4n) is 1.16. The van der Waals surface area contributed by atoms with Crippen molar-refractivity contribution in [3.05, 3.63) is 28.8 Å². The zero-order chi connectivity index (χ0) is 12.9. The van der Waals surface area contributed by atoms with E-state index in [9.17, 15) is 8.42 Å². The summed E-state index contributed by atoms with van der Waals surface area (Å²) in [5, 5.41) is 12.0. The van der Waals surface area contributed by atoms with E-state index in [-0.39, 0.29) is 6.54 Å². The molecule has 0 aliphatic rings. The van der Waals surface area contributed by atoms with E-state index in [0.29, 0.717) is 17.1 Å². The molecule has 0 amide bonds. The number of nitrogens with zero attached hydrogens (tertiary/aromatic N) is 1. The summed E-state index contributed by atoms with van der Waals surface area (Å²) < 4.78 is 23.9. The molecule has 92 valence electrons. The summed E-state index contributed by atoms with van der Waals surface area (Å²) in [4.78, 5) is 0. The van der Waals surface area contributed by atoms with Gasteiger partial charge < -0.3 is 5.32 Å². The van der Waals surface area contributed by atoms with Gasteiger partial charge in [-0.15, -0.1) is 0 Å². The molecule has 0 radical (unpaired) electrons. The number of nitriles is 1. The third-order valence-corrected chi connectivity index (χ3v) is 2.95. The smallest absolute Gasteiger partial charge is 0.208 e. The predicted molar refractivity (Wildman–Crippen MR) is 67.5 cm³/mol. The van der Waals surface area contributed by atoms with E-state index in [1.54, 1.807) is 18.2 Å². The number of nitrogens with one attached hydrogen (secondary N) is 2. The molecule has 0 saturated heterocycles. The molecule has 0 saturated carbocycles. The normalized spacial score (nSPS) is 10.9. The molecule has 2 N–H and O–H groups in total. The van der Waals surface area contributed by atoms with Gasteiger partial charge in [-0.25, -0.2) is 13.1 Å². The summed E-state index contributed by atoms with van der Waals surface area (Å²) in [6.45, 7) is 0.728. The van der Waals surface area contributed by atoms with Crippen LogP contribution in [0.5, 0.6) is 0 Å². The zero-order valence-electron chi connectivity index (χ0n) is 9.20. The maximum Gasteiger partial charge on any atom is 0.208 e. The predicted octanol–water partition coefficient (Wildman–Crippen LogP) is 1.17. The Balaban J connectivity index is 2.48. The average Bonchev–Trinajstić information content (AvgIpc) is 2.23. The lowest BCUT2D eigenvalue weighted by atomic mass is 10.2. The molecule has 1 aromatic carbocycles. The summed E-state index contributed by atoms with van der Waals surface area (Å²) in [6.07, 6.45) is 1.10. The first-order chi connectivity index (χ1) is 7.92. The van der Waals surface area contributed by atoms with Crippen molar-refractivity contribution >= 4 is 27.3 Å². The molecule has 0 aliphatic heterocycles. The van der Waals surface area contributed by atoms with E-state index in [1.807, 2.05) is 6.07 Å². The fraction of sp³-hybridized carbons (Fsp3) is 0.300. The Morgan fingerprint density at radius 3 is 2.65 bits per heavy atom. The minimum absolute atomic E-state index is 0.288. The molecule has 1 rings (SSSR count). The second kappa shape index (κ2) is 5.87. The van der Waals surface area contributed by atoms with Crippen LogP contribution in [0.4, 0.5) is 5.69 Å². The molecular weight excluding hydrogens is 262 g/mol. The van der Waals surface area contributed by atoms with Crippen LogP contribution < -0.4 is 10.0 Å². The Labute approximate surface area is 105 Å². The highest BCUT2D eigenvalue weighted by Crippen LogP contribution is 2.19. The standard InChI is InChI=1S/C10H12ClN3O2S/c1-17(15,16)14-5-4-13-9-3-2-8(7-12)10(11)6-9/h2-3,6,13-14H,4-5H2,1H3. The maximum absolute atomic E-state index is 10.8. The van der Waals surface area contributed by atoms with E-state index in [1.165, 1.54) is 0 Å². The van der Waals surface area contributed by atoms with Gasteiger partial charge in [0.2, 0.25) is 10.0 Å². The van der Waals surface area contributed by atoms with Crippen LogP contribution in [-0.2, 0) is 10.0 Å². The van der Waals surface area contributed by atoms with Crippen LogP contribution in [-0.4, -0.2) is 27.8 Å². The number of sulfonamides is 1. The highest BCUT2D eigenvalue weighted by atomic mass is 35.5. The number of benzene rings is 1. The van der Waals surface area contributed by atoms with Crippen LogP contribution in [0.25, 0.3) is 0 Å². The van der Waals surface area contributed by atoms with E-state index < -0.39 is 10.0 Å². The molecule has 5 nitrogen and oxygen atoms in total. The summed E-state index contributed by atoms with van der Waals surface area (Å²) in [5.74, 6) is 0. The molecule has 17 heavy (non-hydrogen) atoms. The summed E-state index contributed by atoms with van der Waals surface area (Å²) in [7, 11) is -3.16. The van der Waals surface area contributed by atoms with E-state index in [2.05, 4.69) is 10.0 Å². The van der Waals surface area contributed by atoms with E-state index in [4.69, 9.17) is 16.9 Å². The Kier molecular flexibility index (Phi) is 4.75. The highest BCUT2D eigenvalue weighted by Gasteiger charge is 2.01. The van der Waals surface area contributed by atoms with Crippen LogP contribution in [0.3, 0.4) is 0 Å². The number of halogens is 1. The summed E-state index contributed by atoms with van der Waals surface area (Å²) in [6, 6.07) is 6.90. The first-order valence-corrected chi connectivity index (χ1v) is 7.07. The Hall–Kier alpha value is -1.29. The maximum atomic E-state index is 10.8. The molecule has 0 fully saturated rings. The van der Waals surface area contributed by atoms with Crippen LogP contribution in [0.1, 0.15) is 5.56 Å². The van der Waals surface area contributed by atoms with Crippen molar-refractivity contribution in [2.75, 3.05) is 24.7 Å². The molecule has 0 aliphatic carbocycles. The van der Waals surface area contributed by atoms with Gasteiger partial charge in [-0.3, -0.25) is 0 Å². The third kappa shape index (κ3) is 5.04. The first-order valence-electron chi connectivity index (χ1n) is 4.80. The number of rotatable bonds is 5.